The van der Waals surface area contributed by atoms with Gasteiger partial charge in [0.1, 0.15) is 0 Å². The van der Waals surface area contributed by atoms with Gasteiger partial charge in [-0.1, -0.05) is 11.6 Å². The quantitative estimate of drug-likeness (QED) is 0.491. The average Bonchev–Trinajstić information content (AvgIpc) is 2.45. The normalized spacial score (nSPS) is 11.7. The molecule has 0 spiro atoms. The fourth-order valence-corrected chi connectivity index (χ4v) is 1.27. The van der Waals surface area contributed by atoms with Gasteiger partial charge in [-0.05, 0) is 24.3 Å². The number of amides is 1. The SMILES string of the molecule is O=C(/C=C/C(=O)OCC(F)(F)C(F)F)Nc1ccc(Cl)cc1. The van der Waals surface area contributed by atoms with Gasteiger partial charge in [-0.15, -0.1) is 0 Å². The minimum atomic E-state index is -4.44. The van der Waals surface area contributed by atoms with Gasteiger partial charge < -0.3 is 10.1 Å². The molecule has 0 radical (unpaired) electrons. The third-order valence-electron chi connectivity index (χ3n) is 2.21. The number of rotatable bonds is 6. The van der Waals surface area contributed by atoms with Crippen molar-refractivity contribution in [2.75, 3.05) is 11.9 Å². The van der Waals surface area contributed by atoms with E-state index in [-0.39, 0.29) is 0 Å². The van der Waals surface area contributed by atoms with Crippen LogP contribution < -0.4 is 5.32 Å². The molecule has 0 aromatic heterocycles. The van der Waals surface area contributed by atoms with Crippen molar-refractivity contribution in [3.05, 3.63) is 41.4 Å². The average molecular weight is 340 g/mol. The van der Waals surface area contributed by atoms with E-state index in [0.717, 1.165) is 6.08 Å². The maximum absolute atomic E-state index is 12.5. The molecule has 0 saturated carbocycles. The van der Waals surface area contributed by atoms with Crippen LogP contribution in [0.4, 0.5) is 23.2 Å². The van der Waals surface area contributed by atoms with Gasteiger partial charge in [0, 0.05) is 22.9 Å². The molecule has 0 aliphatic rings. The van der Waals surface area contributed by atoms with Crippen LogP contribution in [0.5, 0.6) is 0 Å². The molecule has 1 amide bonds. The molecular weight excluding hydrogens is 330 g/mol. The molecule has 1 aromatic carbocycles. The largest absolute Gasteiger partial charge is 0.456 e. The van der Waals surface area contributed by atoms with Crippen molar-refractivity contribution in [3.8, 4) is 0 Å². The van der Waals surface area contributed by atoms with Crippen LogP contribution in [-0.2, 0) is 14.3 Å². The summed E-state index contributed by atoms with van der Waals surface area (Å²) < 4.78 is 52.5. The van der Waals surface area contributed by atoms with Crippen LogP contribution in [-0.4, -0.2) is 30.8 Å². The van der Waals surface area contributed by atoms with Crippen LogP contribution in [0.1, 0.15) is 0 Å². The standard InChI is InChI=1S/C13H10ClF4NO3/c14-8-1-3-9(4-2-8)19-10(20)5-6-11(21)22-7-13(17,18)12(15)16/h1-6,12H,7H2,(H,19,20)/b6-5+. The third kappa shape index (κ3) is 6.13. The van der Waals surface area contributed by atoms with Crippen LogP contribution in [0.25, 0.3) is 0 Å². The number of carbonyl (C=O) groups excluding carboxylic acids is 2. The van der Waals surface area contributed by atoms with Crippen molar-refractivity contribution in [1.29, 1.82) is 0 Å². The van der Waals surface area contributed by atoms with Gasteiger partial charge in [0.25, 0.3) is 0 Å². The molecule has 0 aliphatic carbocycles. The highest BCUT2D eigenvalue weighted by Crippen LogP contribution is 2.22. The number of alkyl halides is 4. The monoisotopic (exact) mass is 339 g/mol. The smallest absolute Gasteiger partial charge is 0.340 e. The number of nitrogens with one attached hydrogen (secondary N) is 1. The maximum atomic E-state index is 12.5. The lowest BCUT2D eigenvalue weighted by molar-refractivity contribution is -0.176. The van der Waals surface area contributed by atoms with Crippen LogP contribution >= 0.6 is 11.6 Å². The lowest BCUT2D eigenvalue weighted by Gasteiger charge is -2.13. The number of anilines is 1. The second kappa shape index (κ2) is 7.79. The van der Waals surface area contributed by atoms with E-state index in [1.54, 1.807) is 0 Å². The summed E-state index contributed by atoms with van der Waals surface area (Å²) in [5, 5.41) is 2.81. The molecule has 0 atom stereocenters. The van der Waals surface area contributed by atoms with Crippen LogP contribution in [0.2, 0.25) is 5.02 Å². The summed E-state index contributed by atoms with van der Waals surface area (Å²) in [7, 11) is 0. The Bertz CT molecular complexity index is 561. The zero-order chi connectivity index (χ0) is 16.8. The summed E-state index contributed by atoms with van der Waals surface area (Å²) in [4.78, 5) is 22.4. The van der Waals surface area contributed by atoms with Crippen molar-refractivity contribution in [1.82, 2.24) is 0 Å². The Balaban J connectivity index is 2.45. The number of esters is 1. The van der Waals surface area contributed by atoms with Gasteiger partial charge in [0.15, 0.2) is 6.61 Å². The Morgan fingerprint density at radius 1 is 1.23 bits per heavy atom. The van der Waals surface area contributed by atoms with Crippen LogP contribution in [0, 0.1) is 0 Å². The highest BCUT2D eigenvalue weighted by atomic mass is 35.5. The summed E-state index contributed by atoms with van der Waals surface area (Å²) in [5.41, 5.74) is 0.386. The highest BCUT2D eigenvalue weighted by Gasteiger charge is 2.42. The first kappa shape index (κ1) is 18.0. The van der Waals surface area contributed by atoms with Crippen molar-refractivity contribution in [3.63, 3.8) is 0 Å². The molecule has 22 heavy (non-hydrogen) atoms. The minimum Gasteiger partial charge on any atom is -0.456 e. The molecule has 1 rings (SSSR count). The molecule has 1 N–H and O–H groups in total. The first-order chi connectivity index (χ1) is 10.2. The Labute approximate surface area is 127 Å². The maximum Gasteiger partial charge on any atom is 0.340 e. The zero-order valence-corrected chi connectivity index (χ0v) is 11.6. The molecule has 4 nitrogen and oxygen atoms in total. The first-order valence-corrected chi connectivity index (χ1v) is 6.16. The molecule has 0 saturated heterocycles. The fourth-order valence-electron chi connectivity index (χ4n) is 1.14. The number of carbonyl (C=O) groups is 2. The molecular formula is C13H10ClF4NO3. The first-order valence-electron chi connectivity index (χ1n) is 5.78. The van der Waals surface area contributed by atoms with E-state index in [0.29, 0.717) is 16.8 Å². The molecule has 120 valence electrons. The third-order valence-corrected chi connectivity index (χ3v) is 2.46. The number of hydrogen-bond donors (Lipinski definition) is 1. The van der Waals surface area contributed by atoms with E-state index in [4.69, 9.17) is 11.6 Å². The van der Waals surface area contributed by atoms with E-state index in [2.05, 4.69) is 10.1 Å². The Hall–Kier alpha value is -2.09. The Morgan fingerprint density at radius 3 is 2.36 bits per heavy atom. The lowest BCUT2D eigenvalue weighted by atomic mass is 10.3. The Morgan fingerprint density at radius 2 is 1.82 bits per heavy atom. The number of benzene rings is 1. The molecule has 0 heterocycles. The van der Waals surface area contributed by atoms with Crippen LogP contribution in [0.15, 0.2) is 36.4 Å². The second-order valence-electron chi connectivity index (χ2n) is 4.00. The predicted molar refractivity (Wildman–Crippen MR) is 71.1 cm³/mol. The summed E-state index contributed by atoms with van der Waals surface area (Å²) in [6.07, 6.45) is -2.68. The zero-order valence-electron chi connectivity index (χ0n) is 10.9. The predicted octanol–water partition coefficient (Wildman–Crippen LogP) is 3.28. The van der Waals surface area contributed by atoms with Gasteiger partial charge in [-0.2, -0.15) is 8.78 Å². The summed E-state index contributed by atoms with van der Waals surface area (Å²) in [6.45, 7) is -1.77. The molecule has 0 unspecified atom stereocenters. The minimum absolute atomic E-state index is 0.386. The van der Waals surface area contributed by atoms with Crippen LogP contribution in [0.3, 0.4) is 0 Å². The van der Waals surface area contributed by atoms with Crippen molar-refractivity contribution >= 4 is 29.2 Å². The second-order valence-corrected chi connectivity index (χ2v) is 4.44. The van der Waals surface area contributed by atoms with E-state index in [1.165, 1.54) is 24.3 Å². The Kier molecular flexibility index (Phi) is 6.36. The molecule has 0 fully saturated rings. The van der Waals surface area contributed by atoms with Crippen molar-refractivity contribution in [2.45, 2.75) is 12.3 Å². The lowest BCUT2D eigenvalue weighted by Crippen LogP contribution is -2.33. The highest BCUT2D eigenvalue weighted by molar-refractivity contribution is 6.30. The van der Waals surface area contributed by atoms with E-state index in [9.17, 15) is 27.2 Å². The summed E-state index contributed by atoms with van der Waals surface area (Å²) in [5.74, 6) is -6.51. The topological polar surface area (TPSA) is 55.4 Å². The van der Waals surface area contributed by atoms with Crippen molar-refractivity contribution in [2.24, 2.45) is 0 Å². The van der Waals surface area contributed by atoms with Gasteiger partial charge in [-0.25, -0.2) is 13.6 Å². The van der Waals surface area contributed by atoms with E-state index >= 15 is 0 Å². The molecule has 9 heteroatoms. The molecule has 0 aliphatic heterocycles. The fraction of sp³-hybridized carbons (Fsp3) is 0.231. The van der Waals surface area contributed by atoms with Gasteiger partial charge >= 0.3 is 18.3 Å². The molecule has 1 aromatic rings. The van der Waals surface area contributed by atoms with Gasteiger partial charge in [0.2, 0.25) is 5.91 Å². The summed E-state index contributed by atoms with van der Waals surface area (Å²) in [6, 6.07) is 6.02. The number of ether oxygens (including phenoxy) is 1. The molecule has 0 bridgehead atoms. The van der Waals surface area contributed by atoms with E-state index < -0.39 is 30.8 Å². The van der Waals surface area contributed by atoms with Crippen molar-refractivity contribution < 1.29 is 31.9 Å². The number of halogens is 5. The number of hydrogen-bond acceptors (Lipinski definition) is 3. The van der Waals surface area contributed by atoms with Gasteiger partial charge in [0.05, 0.1) is 0 Å². The van der Waals surface area contributed by atoms with Gasteiger partial charge in [-0.3, -0.25) is 4.79 Å². The van der Waals surface area contributed by atoms with E-state index in [1.807, 2.05) is 0 Å². The summed E-state index contributed by atoms with van der Waals surface area (Å²) >= 11 is 5.64.